The fourth-order valence-corrected chi connectivity index (χ4v) is 2.86. The van der Waals surface area contributed by atoms with Crippen molar-refractivity contribution in [3.63, 3.8) is 0 Å². The maximum absolute atomic E-state index is 12.3. The predicted molar refractivity (Wildman–Crippen MR) is 103 cm³/mol. The van der Waals surface area contributed by atoms with Gasteiger partial charge in [-0.25, -0.2) is 0 Å². The van der Waals surface area contributed by atoms with Crippen molar-refractivity contribution in [3.8, 4) is 17.2 Å². The summed E-state index contributed by atoms with van der Waals surface area (Å²) in [6.07, 6.45) is 0. The smallest absolute Gasteiger partial charge is 0.234 e. The number of fused-ring (bicyclic) bond motifs is 1. The summed E-state index contributed by atoms with van der Waals surface area (Å²) >= 11 is 0. The molecule has 1 atom stereocenters. The summed E-state index contributed by atoms with van der Waals surface area (Å²) in [5.41, 5.74) is 0.989. The lowest BCUT2D eigenvalue weighted by molar-refractivity contribution is -0.122. The number of hydrogen-bond donors (Lipinski definition) is 1. The van der Waals surface area contributed by atoms with Crippen LogP contribution in [0.4, 0.5) is 0 Å². The first-order chi connectivity index (χ1) is 13.1. The zero-order valence-corrected chi connectivity index (χ0v) is 15.8. The van der Waals surface area contributed by atoms with E-state index in [0.717, 1.165) is 22.8 Å². The minimum absolute atomic E-state index is 0.0281. The van der Waals surface area contributed by atoms with Crippen molar-refractivity contribution in [2.45, 2.75) is 13.0 Å². The summed E-state index contributed by atoms with van der Waals surface area (Å²) in [6, 6.07) is 15.3. The molecule has 1 aliphatic heterocycles. The molecule has 1 aliphatic rings. The molecule has 0 aromatic heterocycles. The predicted octanol–water partition coefficient (Wildman–Crippen LogP) is 2.65. The van der Waals surface area contributed by atoms with Gasteiger partial charge in [0.25, 0.3) is 0 Å². The summed E-state index contributed by atoms with van der Waals surface area (Å²) in [5.74, 6) is 2.29. The van der Waals surface area contributed by atoms with E-state index < -0.39 is 0 Å². The molecule has 1 amide bonds. The van der Waals surface area contributed by atoms with Crippen LogP contribution < -0.4 is 19.5 Å². The Morgan fingerprint density at radius 2 is 1.89 bits per heavy atom. The summed E-state index contributed by atoms with van der Waals surface area (Å²) < 4.78 is 16.8. The Morgan fingerprint density at radius 3 is 2.67 bits per heavy atom. The molecule has 0 radical (unpaired) electrons. The molecule has 0 saturated carbocycles. The van der Waals surface area contributed by atoms with E-state index in [4.69, 9.17) is 14.2 Å². The molecule has 27 heavy (non-hydrogen) atoms. The molecule has 0 saturated heterocycles. The van der Waals surface area contributed by atoms with Gasteiger partial charge in [0.15, 0.2) is 11.5 Å². The van der Waals surface area contributed by atoms with Crippen molar-refractivity contribution in [1.82, 2.24) is 10.2 Å². The molecule has 0 fully saturated rings. The van der Waals surface area contributed by atoms with Gasteiger partial charge in [0, 0.05) is 6.54 Å². The molecular formula is C21H26N2O4. The Hall–Kier alpha value is -2.73. The zero-order valence-electron chi connectivity index (χ0n) is 15.8. The largest absolute Gasteiger partial charge is 0.492 e. The average Bonchev–Trinajstić information content (AvgIpc) is 2.68. The molecule has 144 valence electrons. The van der Waals surface area contributed by atoms with E-state index in [9.17, 15) is 4.79 Å². The molecular weight excluding hydrogens is 344 g/mol. The normalized spacial score (nSPS) is 13.9. The van der Waals surface area contributed by atoms with Gasteiger partial charge in [-0.05, 0) is 43.8 Å². The van der Waals surface area contributed by atoms with Gasteiger partial charge in [-0.2, -0.15) is 0 Å². The standard InChI is InChI=1S/C21H26N2O4/c1-16(17-8-9-19-20(14-17)27-13-12-26-19)22-21(24)15-23(2)10-11-25-18-6-4-3-5-7-18/h3-9,14,16H,10-13,15H2,1-2H3,(H,22,24). The van der Waals surface area contributed by atoms with E-state index in [1.165, 1.54) is 0 Å². The third-order valence-electron chi connectivity index (χ3n) is 4.34. The lowest BCUT2D eigenvalue weighted by Gasteiger charge is -2.22. The Bertz CT molecular complexity index is 751. The minimum atomic E-state index is -0.109. The topological polar surface area (TPSA) is 60.0 Å². The highest BCUT2D eigenvalue weighted by Gasteiger charge is 2.16. The van der Waals surface area contributed by atoms with Crippen molar-refractivity contribution >= 4 is 5.91 Å². The first-order valence-electron chi connectivity index (χ1n) is 9.17. The molecule has 0 aliphatic carbocycles. The van der Waals surface area contributed by atoms with Crippen LogP contribution in [-0.2, 0) is 4.79 Å². The number of hydrogen-bond acceptors (Lipinski definition) is 5. The van der Waals surface area contributed by atoms with E-state index in [1.54, 1.807) is 0 Å². The number of carbonyl (C=O) groups excluding carboxylic acids is 1. The van der Waals surface area contributed by atoms with Gasteiger partial charge < -0.3 is 19.5 Å². The van der Waals surface area contributed by atoms with Crippen molar-refractivity contribution in [2.24, 2.45) is 0 Å². The summed E-state index contributed by atoms with van der Waals surface area (Å²) in [6.45, 7) is 4.59. The highest BCUT2D eigenvalue weighted by molar-refractivity contribution is 5.78. The summed E-state index contributed by atoms with van der Waals surface area (Å²) in [4.78, 5) is 14.2. The molecule has 2 aromatic carbocycles. The SMILES string of the molecule is CC(NC(=O)CN(C)CCOc1ccccc1)c1ccc2c(c1)OCCO2. The Morgan fingerprint density at radius 1 is 1.15 bits per heavy atom. The van der Waals surface area contributed by atoms with Gasteiger partial charge in [-0.1, -0.05) is 24.3 Å². The van der Waals surface area contributed by atoms with E-state index in [-0.39, 0.29) is 11.9 Å². The van der Waals surface area contributed by atoms with Crippen molar-refractivity contribution in [3.05, 3.63) is 54.1 Å². The summed E-state index contributed by atoms with van der Waals surface area (Å²) in [7, 11) is 1.91. The van der Waals surface area contributed by atoms with E-state index in [0.29, 0.717) is 32.9 Å². The average molecular weight is 370 g/mol. The molecule has 0 spiro atoms. The van der Waals surface area contributed by atoms with Gasteiger partial charge in [0.05, 0.1) is 12.6 Å². The van der Waals surface area contributed by atoms with Gasteiger partial charge in [-0.3, -0.25) is 9.69 Å². The number of para-hydroxylation sites is 1. The van der Waals surface area contributed by atoms with Crippen LogP contribution in [0.2, 0.25) is 0 Å². The Labute approximate surface area is 160 Å². The number of benzene rings is 2. The lowest BCUT2D eigenvalue weighted by atomic mass is 10.1. The second kappa shape index (κ2) is 9.28. The third kappa shape index (κ3) is 5.62. The number of nitrogens with one attached hydrogen (secondary N) is 1. The van der Waals surface area contributed by atoms with Gasteiger partial charge in [0.2, 0.25) is 5.91 Å². The number of likely N-dealkylation sites (N-methyl/N-ethyl adjacent to an activating group) is 1. The zero-order chi connectivity index (χ0) is 19.1. The number of ether oxygens (including phenoxy) is 3. The molecule has 0 bridgehead atoms. The van der Waals surface area contributed by atoms with Crippen molar-refractivity contribution in [1.29, 1.82) is 0 Å². The van der Waals surface area contributed by atoms with Crippen LogP contribution in [0, 0.1) is 0 Å². The molecule has 2 aromatic rings. The van der Waals surface area contributed by atoms with Gasteiger partial charge >= 0.3 is 0 Å². The second-order valence-corrected chi connectivity index (χ2v) is 6.59. The van der Waals surface area contributed by atoms with Gasteiger partial charge in [-0.15, -0.1) is 0 Å². The maximum atomic E-state index is 12.3. The first-order valence-corrected chi connectivity index (χ1v) is 9.17. The van der Waals surface area contributed by atoms with Crippen LogP contribution in [0.15, 0.2) is 48.5 Å². The van der Waals surface area contributed by atoms with Crippen molar-refractivity contribution < 1.29 is 19.0 Å². The molecule has 1 heterocycles. The third-order valence-corrected chi connectivity index (χ3v) is 4.34. The monoisotopic (exact) mass is 370 g/mol. The molecule has 1 N–H and O–H groups in total. The number of nitrogens with zero attached hydrogens (tertiary/aromatic N) is 1. The van der Waals surface area contributed by atoms with Crippen LogP contribution in [0.25, 0.3) is 0 Å². The van der Waals surface area contributed by atoms with Crippen LogP contribution in [0.5, 0.6) is 17.2 Å². The quantitative estimate of drug-likeness (QED) is 0.774. The van der Waals surface area contributed by atoms with Crippen molar-refractivity contribution in [2.75, 3.05) is 40.0 Å². The Kier molecular flexibility index (Phi) is 6.54. The van der Waals surface area contributed by atoms with Gasteiger partial charge in [0.1, 0.15) is 25.6 Å². The number of amides is 1. The molecule has 6 nitrogen and oxygen atoms in total. The highest BCUT2D eigenvalue weighted by Crippen LogP contribution is 2.32. The first kappa shape index (κ1) is 19.0. The van der Waals surface area contributed by atoms with Crippen LogP contribution >= 0.6 is 0 Å². The highest BCUT2D eigenvalue weighted by atomic mass is 16.6. The van der Waals surface area contributed by atoms with E-state index in [1.807, 2.05) is 67.4 Å². The number of carbonyl (C=O) groups is 1. The van der Waals surface area contributed by atoms with Crippen LogP contribution in [0.3, 0.4) is 0 Å². The number of rotatable bonds is 8. The van der Waals surface area contributed by atoms with E-state index >= 15 is 0 Å². The molecule has 6 heteroatoms. The minimum Gasteiger partial charge on any atom is -0.492 e. The Balaban J connectivity index is 1.42. The fourth-order valence-electron chi connectivity index (χ4n) is 2.86. The molecule has 1 unspecified atom stereocenters. The molecule has 3 rings (SSSR count). The summed E-state index contributed by atoms with van der Waals surface area (Å²) in [5, 5.41) is 3.02. The van der Waals surface area contributed by atoms with E-state index in [2.05, 4.69) is 5.32 Å². The van der Waals surface area contributed by atoms with Crippen LogP contribution in [0.1, 0.15) is 18.5 Å². The lowest BCUT2D eigenvalue weighted by Crippen LogP contribution is -2.38. The van der Waals surface area contributed by atoms with Crippen LogP contribution in [-0.4, -0.2) is 50.8 Å². The second-order valence-electron chi connectivity index (χ2n) is 6.59. The fraction of sp³-hybridized carbons (Fsp3) is 0.381. The maximum Gasteiger partial charge on any atom is 0.234 e.